The quantitative estimate of drug-likeness (QED) is 0.348. The Bertz CT molecular complexity index is 344. The van der Waals surface area contributed by atoms with Crippen molar-refractivity contribution in [1.82, 2.24) is 0 Å². The van der Waals surface area contributed by atoms with E-state index >= 15 is 0 Å². The number of esters is 2. The summed E-state index contributed by atoms with van der Waals surface area (Å²) in [5.41, 5.74) is -0.952. The van der Waals surface area contributed by atoms with Crippen LogP contribution in [0.25, 0.3) is 0 Å². The number of carbonyl (C=O) groups excluding carboxylic acids is 2. The van der Waals surface area contributed by atoms with Crippen molar-refractivity contribution in [2.24, 2.45) is 0 Å². The third-order valence-electron chi connectivity index (χ3n) is 3.14. The van der Waals surface area contributed by atoms with Gasteiger partial charge < -0.3 is 9.47 Å². The van der Waals surface area contributed by atoms with Gasteiger partial charge in [-0.15, -0.1) is 0 Å². The summed E-state index contributed by atoms with van der Waals surface area (Å²) in [4.78, 5) is 22.4. The van der Waals surface area contributed by atoms with Crippen molar-refractivity contribution >= 4 is 11.9 Å². The van der Waals surface area contributed by atoms with Crippen LogP contribution >= 0.6 is 0 Å². The van der Waals surface area contributed by atoms with Gasteiger partial charge in [0.05, 0.1) is 0 Å². The van der Waals surface area contributed by atoms with E-state index in [0.29, 0.717) is 0 Å². The summed E-state index contributed by atoms with van der Waals surface area (Å²) in [5, 5.41) is 0. The number of hydrogen-bond donors (Lipinski definition) is 0. The van der Waals surface area contributed by atoms with Crippen molar-refractivity contribution in [3.63, 3.8) is 0 Å². The lowest BCUT2D eigenvalue weighted by Crippen LogP contribution is -2.28. The molecule has 0 aromatic rings. The van der Waals surface area contributed by atoms with Gasteiger partial charge in [-0.1, -0.05) is 19.6 Å². The van der Waals surface area contributed by atoms with Crippen LogP contribution in [0.5, 0.6) is 0 Å². The van der Waals surface area contributed by atoms with Crippen LogP contribution < -0.4 is 0 Å². The largest absolute Gasteiger partial charge is 0.457 e. The van der Waals surface area contributed by atoms with E-state index in [1.165, 1.54) is 12.2 Å². The summed E-state index contributed by atoms with van der Waals surface area (Å²) >= 11 is 0. The molecule has 0 bridgehead atoms. The van der Waals surface area contributed by atoms with Crippen LogP contribution in [0.15, 0.2) is 25.3 Å². The summed E-state index contributed by atoms with van der Waals surface area (Å²) in [5.74, 6) is -0.782. The van der Waals surface area contributed by atoms with Crippen LogP contribution in [0, 0.1) is 0 Å². The fourth-order valence-corrected chi connectivity index (χ4v) is 2.01. The number of unbranched alkanes of at least 4 members (excludes halogenated alkanes) is 2. The first-order valence-corrected chi connectivity index (χ1v) is 7.33. The smallest absolute Gasteiger partial charge is 0.330 e. The monoisotopic (exact) mass is 296 g/mol. The lowest BCUT2D eigenvalue weighted by atomic mass is 9.96. The predicted molar refractivity (Wildman–Crippen MR) is 83.8 cm³/mol. The van der Waals surface area contributed by atoms with Crippen molar-refractivity contribution < 1.29 is 19.1 Å². The van der Waals surface area contributed by atoms with Crippen molar-refractivity contribution in [2.45, 2.75) is 71.0 Å². The zero-order valence-corrected chi connectivity index (χ0v) is 13.7. The minimum atomic E-state index is -0.476. The maximum atomic E-state index is 11.2. The van der Waals surface area contributed by atoms with Gasteiger partial charge in [0.1, 0.15) is 11.2 Å². The molecule has 0 aliphatic heterocycles. The molecule has 0 saturated heterocycles. The number of carbonyl (C=O) groups is 2. The molecule has 21 heavy (non-hydrogen) atoms. The number of rotatable bonds is 10. The molecule has 0 rings (SSSR count). The molecule has 0 amide bonds. The van der Waals surface area contributed by atoms with E-state index in [-0.39, 0.29) is 0 Å². The summed E-state index contributed by atoms with van der Waals surface area (Å²) in [6.45, 7) is 14.4. The van der Waals surface area contributed by atoms with Crippen LogP contribution in [0.2, 0.25) is 0 Å². The molecule has 0 radical (unpaired) electrons. The molecule has 120 valence electrons. The molecule has 0 unspecified atom stereocenters. The summed E-state index contributed by atoms with van der Waals surface area (Å²) in [6.07, 6.45) is 6.82. The average Bonchev–Trinajstić information content (AvgIpc) is 2.36. The molecule has 4 nitrogen and oxygen atoms in total. The van der Waals surface area contributed by atoms with Gasteiger partial charge in [0.2, 0.25) is 0 Å². The molecular weight excluding hydrogens is 268 g/mol. The molecule has 0 spiro atoms. The molecule has 0 aliphatic rings. The summed E-state index contributed by atoms with van der Waals surface area (Å²) in [6, 6.07) is 0. The summed E-state index contributed by atoms with van der Waals surface area (Å²) in [7, 11) is 0. The zero-order valence-electron chi connectivity index (χ0n) is 13.7. The highest BCUT2D eigenvalue weighted by Crippen LogP contribution is 2.22. The molecule has 0 aliphatic carbocycles. The Labute approximate surface area is 128 Å². The third-order valence-corrected chi connectivity index (χ3v) is 3.14. The minimum Gasteiger partial charge on any atom is -0.457 e. The normalized spacial score (nSPS) is 11.6. The molecule has 0 aromatic carbocycles. The molecular formula is C17H28O4. The maximum Gasteiger partial charge on any atom is 0.330 e. The standard InChI is InChI=1S/C17H28O4/c1-7-14(18)20-16(3,4)12-10-9-11-13-17(5,6)21-15(19)8-2/h7-8H,1-2,9-13H2,3-6H3. The highest BCUT2D eigenvalue weighted by atomic mass is 16.6. The van der Waals surface area contributed by atoms with Gasteiger partial charge in [-0.2, -0.15) is 0 Å². The van der Waals surface area contributed by atoms with Crippen molar-refractivity contribution in [1.29, 1.82) is 0 Å². The molecule has 4 heteroatoms. The van der Waals surface area contributed by atoms with Gasteiger partial charge in [-0.3, -0.25) is 0 Å². The zero-order chi connectivity index (χ0) is 16.5. The van der Waals surface area contributed by atoms with Gasteiger partial charge >= 0.3 is 11.9 Å². The van der Waals surface area contributed by atoms with E-state index in [1.807, 2.05) is 27.7 Å². The fraction of sp³-hybridized carbons (Fsp3) is 0.647. The highest BCUT2D eigenvalue weighted by molar-refractivity contribution is 5.81. The Hall–Kier alpha value is -1.58. The Morgan fingerprint density at radius 1 is 0.810 bits per heavy atom. The second-order valence-corrected chi connectivity index (χ2v) is 6.33. The second-order valence-electron chi connectivity index (χ2n) is 6.33. The molecule has 0 saturated carbocycles. The van der Waals surface area contributed by atoms with E-state index in [9.17, 15) is 9.59 Å². The van der Waals surface area contributed by atoms with Crippen LogP contribution in [-0.4, -0.2) is 23.1 Å². The Morgan fingerprint density at radius 2 is 1.14 bits per heavy atom. The van der Waals surface area contributed by atoms with Gasteiger partial charge in [0.25, 0.3) is 0 Å². The van der Waals surface area contributed by atoms with Gasteiger partial charge in [0, 0.05) is 12.2 Å². The van der Waals surface area contributed by atoms with E-state index < -0.39 is 23.1 Å². The van der Waals surface area contributed by atoms with Crippen molar-refractivity contribution in [2.75, 3.05) is 0 Å². The molecule has 0 N–H and O–H groups in total. The minimum absolute atomic E-state index is 0.391. The molecule has 0 atom stereocenters. The van der Waals surface area contributed by atoms with Crippen molar-refractivity contribution in [3.05, 3.63) is 25.3 Å². The first-order chi connectivity index (χ1) is 9.62. The summed E-state index contributed by atoms with van der Waals surface area (Å²) < 4.78 is 10.5. The van der Waals surface area contributed by atoms with E-state index in [0.717, 1.165) is 32.1 Å². The average molecular weight is 296 g/mol. The molecule has 0 heterocycles. The van der Waals surface area contributed by atoms with Crippen LogP contribution in [0.4, 0.5) is 0 Å². The topological polar surface area (TPSA) is 52.6 Å². The van der Waals surface area contributed by atoms with E-state index in [2.05, 4.69) is 13.2 Å². The molecule has 0 fully saturated rings. The first kappa shape index (κ1) is 19.4. The molecule has 0 aromatic heterocycles. The van der Waals surface area contributed by atoms with Gasteiger partial charge in [0.15, 0.2) is 0 Å². The van der Waals surface area contributed by atoms with Crippen LogP contribution in [0.3, 0.4) is 0 Å². The third kappa shape index (κ3) is 9.88. The Morgan fingerprint density at radius 3 is 1.43 bits per heavy atom. The van der Waals surface area contributed by atoms with Gasteiger partial charge in [-0.05, 0) is 53.4 Å². The number of hydrogen-bond acceptors (Lipinski definition) is 4. The maximum absolute atomic E-state index is 11.2. The van der Waals surface area contributed by atoms with Crippen LogP contribution in [-0.2, 0) is 19.1 Å². The van der Waals surface area contributed by atoms with E-state index in [4.69, 9.17) is 9.47 Å². The lowest BCUT2D eigenvalue weighted by Gasteiger charge is -2.26. The Kier molecular flexibility index (Phi) is 8.00. The SMILES string of the molecule is C=CC(=O)OC(C)(C)CCCCCC(C)(C)OC(=O)C=C. The highest BCUT2D eigenvalue weighted by Gasteiger charge is 2.23. The lowest BCUT2D eigenvalue weighted by molar-refractivity contribution is -0.151. The number of ether oxygens (including phenoxy) is 2. The van der Waals surface area contributed by atoms with Gasteiger partial charge in [-0.25, -0.2) is 9.59 Å². The van der Waals surface area contributed by atoms with Crippen LogP contribution in [0.1, 0.15) is 59.8 Å². The second kappa shape index (κ2) is 8.65. The predicted octanol–water partition coefficient (Wildman–Crippen LogP) is 3.95. The fourth-order valence-electron chi connectivity index (χ4n) is 2.01. The first-order valence-electron chi connectivity index (χ1n) is 7.33. The van der Waals surface area contributed by atoms with Crippen molar-refractivity contribution in [3.8, 4) is 0 Å². The van der Waals surface area contributed by atoms with E-state index in [1.54, 1.807) is 0 Å². The Balaban J connectivity index is 3.95.